The van der Waals surface area contributed by atoms with Gasteiger partial charge in [-0.05, 0) is 18.2 Å². The highest BCUT2D eigenvalue weighted by Crippen LogP contribution is 2.28. The van der Waals surface area contributed by atoms with E-state index < -0.39 is 21.8 Å². The topological polar surface area (TPSA) is 95.9 Å². The average Bonchev–Trinajstić information content (AvgIpc) is 3.06. The number of rotatable bonds is 2. The standard InChI is InChI=1S/C14H15N3O4S2/c1-9-8-23(20,21)17(13(9)19)11-4-2-3-10(7-11)12(18)16-14-15-5-6-22-14/h2-4,7,9H,5-6,8H2,1H3,(H,15,16,18)/t9-/m0/s1. The molecule has 7 nitrogen and oxygen atoms in total. The van der Waals surface area contributed by atoms with Crippen LogP contribution in [0.3, 0.4) is 0 Å². The lowest BCUT2D eigenvalue weighted by Gasteiger charge is -2.16. The quantitative estimate of drug-likeness (QED) is 0.850. The third-order valence-electron chi connectivity index (χ3n) is 3.51. The molecule has 0 radical (unpaired) electrons. The summed E-state index contributed by atoms with van der Waals surface area (Å²) in [6.07, 6.45) is 0. The summed E-state index contributed by atoms with van der Waals surface area (Å²) in [5, 5.41) is 3.23. The van der Waals surface area contributed by atoms with Crippen molar-refractivity contribution in [1.29, 1.82) is 0 Å². The van der Waals surface area contributed by atoms with Gasteiger partial charge in [-0.2, -0.15) is 0 Å². The zero-order valence-corrected chi connectivity index (χ0v) is 14.0. The molecular weight excluding hydrogens is 338 g/mol. The first kappa shape index (κ1) is 16.0. The molecule has 2 heterocycles. The predicted octanol–water partition coefficient (Wildman–Crippen LogP) is 0.832. The van der Waals surface area contributed by atoms with E-state index in [9.17, 15) is 18.0 Å². The second-order valence-electron chi connectivity index (χ2n) is 5.32. The highest BCUT2D eigenvalue weighted by Gasteiger charge is 2.42. The summed E-state index contributed by atoms with van der Waals surface area (Å²) in [4.78, 5) is 28.5. The number of aliphatic imine (C=N–C) groups is 1. The normalized spacial score (nSPS) is 23.0. The molecule has 2 amide bonds. The minimum absolute atomic E-state index is 0.188. The van der Waals surface area contributed by atoms with Gasteiger partial charge in [0.1, 0.15) is 0 Å². The smallest absolute Gasteiger partial charge is 0.257 e. The van der Waals surface area contributed by atoms with Gasteiger partial charge in [-0.15, -0.1) is 0 Å². The lowest BCUT2D eigenvalue weighted by atomic mass is 10.1. The van der Waals surface area contributed by atoms with E-state index in [1.807, 2.05) is 0 Å². The number of hydrogen-bond acceptors (Lipinski definition) is 6. The van der Waals surface area contributed by atoms with Crippen LogP contribution in [0.15, 0.2) is 29.3 Å². The number of hydrogen-bond donors (Lipinski definition) is 1. The largest absolute Gasteiger partial charge is 0.301 e. The maximum atomic E-state index is 12.2. The number of carbonyl (C=O) groups excluding carboxylic acids is 2. The van der Waals surface area contributed by atoms with Crippen molar-refractivity contribution in [1.82, 2.24) is 5.32 Å². The molecule has 9 heteroatoms. The Bertz CT molecular complexity index is 804. The molecular formula is C14H15N3O4S2. The Hall–Kier alpha value is -1.87. The van der Waals surface area contributed by atoms with E-state index in [1.165, 1.54) is 23.9 Å². The third-order valence-corrected chi connectivity index (χ3v) is 6.27. The van der Waals surface area contributed by atoms with Crippen LogP contribution in [-0.4, -0.2) is 43.5 Å². The first-order chi connectivity index (χ1) is 10.9. The molecule has 1 atom stereocenters. The second-order valence-corrected chi connectivity index (χ2v) is 8.27. The molecule has 122 valence electrons. The molecule has 0 unspecified atom stereocenters. The summed E-state index contributed by atoms with van der Waals surface area (Å²) < 4.78 is 25.0. The molecule has 1 aromatic rings. The summed E-state index contributed by atoms with van der Waals surface area (Å²) in [5.41, 5.74) is 0.466. The molecule has 0 aliphatic carbocycles. The van der Waals surface area contributed by atoms with E-state index in [-0.39, 0.29) is 22.9 Å². The van der Waals surface area contributed by atoms with Crippen molar-refractivity contribution in [2.24, 2.45) is 10.9 Å². The van der Waals surface area contributed by atoms with Gasteiger partial charge in [-0.3, -0.25) is 14.6 Å². The number of sulfonamides is 1. The zero-order valence-electron chi connectivity index (χ0n) is 12.4. The van der Waals surface area contributed by atoms with E-state index in [0.29, 0.717) is 11.7 Å². The Kier molecular flexibility index (Phi) is 4.15. The second kappa shape index (κ2) is 5.97. The minimum atomic E-state index is -3.68. The van der Waals surface area contributed by atoms with E-state index in [0.717, 1.165) is 10.1 Å². The van der Waals surface area contributed by atoms with Gasteiger partial charge in [-0.25, -0.2) is 12.7 Å². The van der Waals surface area contributed by atoms with E-state index in [1.54, 1.807) is 19.1 Å². The first-order valence-corrected chi connectivity index (χ1v) is 9.63. The van der Waals surface area contributed by atoms with E-state index in [2.05, 4.69) is 10.3 Å². The van der Waals surface area contributed by atoms with Gasteiger partial charge in [-0.1, -0.05) is 24.8 Å². The summed E-state index contributed by atoms with van der Waals surface area (Å²) in [6, 6.07) is 6.03. The molecule has 1 N–H and O–H groups in total. The summed E-state index contributed by atoms with van der Waals surface area (Å²) in [6.45, 7) is 2.24. The molecule has 1 aromatic carbocycles. The Morgan fingerprint density at radius 1 is 1.43 bits per heavy atom. The molecule has 2 aliphatic rings. The Balaban J connectivity index is 1.88. The number of thioether (sulfide) groups is 1. The Labute approximate surface area is 138 Å². The van der Waals surface area contributed by atoms with Crippen molar-refractivity contribution in [2.45, 2.75) is 6.92 Å². The van der Waals surface area contributed by atoms with E-state index in [4.69, 9.17) is 0 Å². The van der Waals surface area contributed by atoms with Crippen LogP contribution in [0.1, 0.15) is 17.3 Å². The molecule has 0 spiro atoms. The van der Waals surface area contributed by atoms with Crippen LogP contribution < -0.4 is 9.62 Å². The van der Waals surface area contributed by atoms with Crippen molar-refractivity contribution in [3.63, 3.8) is 0 Å². The fourth-order valence-electron chi connectivity index (χ4n) is 2.44. The van der Waals surface area contributed by atoms with Crippen LogP contribution in [0.5, 0.6) is 0 Å². The summed E-state index contributed by atoms with van der Waals surface area (Å²) in [7, 11) is -3.68. The summed E-state index contributed by atoms with van der Waals surface area (Å²) >= 11 is 1.45. The lowest BCUT2D eigenvalue weighted by Crippen LogP contribution is -2.31. The van der Waals surface area contributed by atoms with Crippen molar-refractivity contribution >= 4 is 44.5 Å². The van der Waals surface area contributed by atoms with Crippen LogP contribution in [0.4, 0.5) is 5.69 Å². The average molecular weight is 353 g/mol. The highest BCUT2D eigenvalue weighted by atomic mass is 32.2. The number of amidine groups is 1. The van der Waals surface area contributed by atoms with Crippen LogP contribution >= 0.6 is 11.8 Å². The maximum Gasteiger partial charge on any atom is 0.257 e. The molecule has 0 aromatic heterocycles. The number of anilines is 1. The van der Waals surface area contributed by atoms with Gasteiger partial charge < -0.3 is 5.32 Å². The SMILES string of the molecule is C[C@H]1CS(=O)(=O)N(c2cccc(C(=O)NC3=NCCS3)c2)C1=O. The van der Waals surface area contributed by atoms with Gasteiger partial charge in [0.15, 0.2) is 5.17 Å². The summed E-state index contributed by atoms with van der Waals surface area (Å²) in [5.74, 6) is -0.818. The fourth-order valence-corrected chi connectivity index (χ4v) is 4.98. The highest BCUT2D eigenvalue weighted by molar-refractivity contribution is 8.14. The predicted molar refractivity (Wildman–Crippen MR) is 89.1 cm³/mol. The number of benzene rings is 1. The number of carbonyl (C=O) groups is 2. The van der Waals surface area contributed by atoms with Gasteiger partial charge in [0.2, 0.25) is 15.9 Å². The van der Waals surface area contributed by atoms with Crippen molar-refractivity contribution in [3.05, 3.63) is 29.8 Å². The molecule has 0 bridgehead atoms. The molecule has 0 saturated carbocycles. The molecule has 2 aliphatic heterocycles. The number of nitrogens with one attached hydrogen (secondary N) is 1. The van der Waals surface area contributed by atoms with Gasteiger partial charge in [0.05, 0.1) is 23.9 Å². The van der Waals surface area contributed by atoms with Gasteiger partial charge in [0.25, 0.3) is 5.91 Å². The number of amides is 2. The van der Waals surface area contributed by atoms with Crippen LogP contribution in [0.25, 0.3) is 0 Å². The van der Waals surface area contributed by atoms with Crippen molar-refractivity contribution in [3.8, 4) is 0 Å². The number of nitrogens with zero attached hydrogens (tertiary/aromatic N) is 2. The zero-order chi connectivity index (χ0) is 16.6. The molecule has 3 rings (SSSR count). The van der Waals surface area contributed by atoms with Crippen molar-refractivity contribution < 1.29 is 18.0 Å². The molecule has 23 heavy (non-hydrogen) atoms. The Morgan fingerprint density at radius 3 is 2.83 bits per heavy atom. The molecule has 1 fully saturated rings. The third kappa shape index (κ3) is 3.11. The van der Waals surface area contributed by atoms with Gasteiger partial charge >= 0.3 is 0 Å². The minimum Gasteiger partial charge on any atom is -0.301 e. The lowest BCUT2D eigenvalue weighted by molar-refractivity contribution is -0.119. The Morgan fingerprint density at radius 2 is 2.22 bits per heavy atom. The van der Waals surface area contributed by atoms with Crippen LogP contribution in [-0.2, 0) is 14.8 Å². The maximum absolute atomic E-state index is 12.2. The molecule has 1 saturated heterocycles. The van der Waals surface area contributed by atoms with Crippen molar-refractivity contribution in [2.75, 3.05) is 22.4 Å². The monoisotopic (exact) mass is 353 g/mol. The fraction of sp³-hybridized carbons (Fsp3) is 0.357. The van der Waals surface area contributed by atoms with Gasteiger partial charge in [0, 0.05) is 11.3 Å². The van der Waals surface area contributed by atoms with Crippen LogP contribution in [0.2, 0.25) is 0 Å². The van der Waals surface area contributed by atoms with E-state index >= 15 is 0 Å². The first-order valence-electron chi connectivity index (χ1n) is 7.04. The van der Waals surface area contributed by atoms with Crippen LogP contribution in [0, 0.1) is 5.92 Å².